The van der Waals surface area contributed by atoms with E-state index >= 15 is 0 Å². The Kier molecular flexibility index (Phi) is 4.17. The van der Waals surface area contributed by atoms with Gasteiger partial charge in [-0.25, -0.2) is 4.39 Å². The van der Waals surface area contributed by atoms with Crippen LogP contribution in [-0.4, -0.2) is 0 Å². The highest BCUT2D eigenvalue weighted by atomic mass is 79.9. The Bertz CT molecular complexity index is 683. The Morgan fingerprint density at radius 2 is 1.84 bits per heavy atom. The Balaban J connectivity index is 2.37. The normalized spacial score (nSPS) is 10.1. The molecule has 2 rings (SSSR count). The minimum absolute atomic E-state index is 0.233. The average molecular weight is 389 g/mol. The SMILES string of the molecule is N#Cc1ccc(Oc2cc(Br)cc(F)c2F)cc1Br. The van der Waals surface area contributed by atoms with E-state index in [1.165, 1.54) is 24.3 Å². The molecule has 0 bridgehead atoms. The predicted molar refractivity (Wildman–Crippen MR) is 73.0 cm³/mol. The lowest BCUT2D eigenvalue weighted by Gasteiger charge is -2.08. The van der Waals surface area contributed by atoms with Crippen molar-refractivity contribution in [1.29, 1.82) is 5.26 Å². The molecule has 6 heteroatoms. The summed E-state index contributed by atoms with van der Waals surface area (Å²) in [5.41, 5.74) is 0.424. The molecule has 0 heterocycles. The van der Waals surface area contributed by atoms with Crippen LogP contribution in [0.4, 0.5) is 8.78 Å². The fourth-order valence-corrected chi connectivity index (χ4v) is 2.24. The van der Waals surface area contributed by atoms with Gasteiger partial charge >= 0.3 is 0 Å². The molecule has 0 aliphatic rings. The summed E-state index contributed by atoms with van der Waals surface area (Å²) in [5.74, 6) is -2.01. The zero-order chi connectivity index (χ0) is 14.0. The summed E-state index contributed by atoms with van der Waals surface area (Å²) >= 11 is 6.25. The lowest BCUT2D eigenvalue weighted by Crippen LogP contribution is -1.92. The number of nitrogens with zero attached hydrogens (tertiary/aromatic N) is 1. The van der Waals surface area contributed by atoms with Crippen molar-refractivity contribution in [3.05, 3.63) is 56.5 Å². The summed E-state index contributed by atoms with van der Waals surface area (Å²) in [6.07, 6.45) is 0. The van der Waals surface area contributed by atoms with Crippen molar-refractivity contribution < 1.29 is 13.5 Å². The van der Waals surface area contributed by atoms with Gasteiger partial charge in [-0.3, -0.25) is 0 Å². The van der Waals surface area contributed by atoms with E-state index in [0.29, 0.717) is 20.3 Å². The van der Waals surface area contributed by atoms with Crippen LogP contribution in [0, 0.1) is 23.0 Å². The van der Waals surface area contributed by atoms with Gasteiger partial charge in [0.15, 0.2) is 11.6 Å². The van der Waals surface area contributed by atoms with E-state index in [9.17, 15) is 8.78 Å². The van der Waals surface area contributed by atoms with E-state index < -0.39 is 11.6 Å². The number of rotatable bonds is 2. The molecule has 0 N–H and O–H groups in total. The highest BCUT2D eigenvalue weighted by Crippen LogP contribution is 2.31. The Morgan fingerprint density at radius 3 is 2.47 bits per heavy atom. The van der Waals surface area contributed by atoms with Gasteiger partial charge in [0.2, 0.25) is 5.82 Å². The summed E-state index contributed by atoms with van der Waals surface area (Å²) in [6.45, 7) is 0. The smallest absolute Gasteiger partial charge is 0.201 e. The quantitative estimate of drug-likeness (QED) is 0.666. The van der Waals surface area contributed by atoms with Gasteiger partial charge in [0, 0.05) is 8.95 Å². The van der Waals surface area contributed by atoms with Gasteiger partial charge in [-0.1, -0.05) is 15.9 Å². The highest BCUT2D eigenvalue weighted by molar-refractivity contribution is 9.10. The molecule has 0 aliphatic heterocycles. The first-order valence-corrected chi connectivity index (χ1v) is 6.62. The first kappa shape index (κ1) is 14.0. The molecule has 0 unspecified atom stereocenters. The second-order valence-electron chi connectivity index (χ2n) is 3.56. The Morgan fingerprint density at radius 1 is 1.11 bits per heavy atom. The zero-order valence-corrected chi connectivity index (χ0v) is 12.4. The maximum absolute atomic E-state index is 13.5. The minimum atomic E-state index is -1.07. The number of hydrogen-bond donors (Lipinski definition) is 0. The van der Waals surface area contributed by atoms with Gasteiger partial charge in [0.05, 0.1) is 5.56 Å². The third-order valence-corrected chi connectivity index (χ3v) is 3.36. The van der Waals surface area contributed by atoms with Crippen molar-refractivity contribution in [2.75, 3.05) is 0 Å². The summed E-state index contributed by atoms with van der Waals surface area (Å²) in [5, 5.41) is 8.78. The number of halogens is 4. The van der Waals surface area contributed by atoms with Crippen LogP contribution in [0.1, 0.15) is 5.56 Å². The standard InChI is InChI=1S/C13H5Br2F2NO/c14-8-3-11(16)13(17)12(4-8)19-9-2-1-7(6-18)10(15)5-9/h1-5H. The van der Waals surface area contributed by atoms with E-state index in [2.05, 4.69) is 31.9 Å². The molecule has 0 aromatic heterocycles. The summed E-state index contributed by atoms with van der Waals surface area (Å²) < 4.78 is 32.9. The second kappa shape index (κ2) is 5.68. The number of ether oxygens (including phenoxy) is 1. The first-order valence-electron chi connectivity index (χ1n) is 5.03. The van der Waals surface area contributed by atoms with Crippen LogP contribution in [0.3, 0.4) is 0 Å². The van der Waals surface area contributed by atoms with Crippen LogP contribution in [0.25, 0.3) is 0 Å². The van der Waals surface area contributed by atoms with E-state index in [0.717, 1.165) is 6.07 Å². The number of nitriles is 1. The van der Waals surface area contributed by atoms with Gasteiger partial charge in [-0.2, -0.15) is 9.65 Å². The third kappa shape index (κ3) is 3.11. The van der Waals surface area contributed by atoms with Gasteiger partial charge in [0.1, 0.15) is 11.8 Å². The maximum Gasteiger partial charge on any atom is 0.201 e. The van der Waals surface area contributed by atoms with Crippen molar-refractivity contribution in [3.8, 4) is 17.6 Å². The summed E-state index contributed by atoms with van der Waals surface area (Å²) in [7, 11) is 0. The molecule has 0 spiro atoms. The van der Waals surface area contributed by atoms with Crippen LogP contribution in [0.5, 0.6) is 11.5 Å². The van der Waals surface area contributed by atoms with Gasteiger partial charge in [-0.05, 0) is 46.3 Å². The Hall–Kier alpha value is -1.45. The molecular formula is C13H5Br2F2NO. The lowest BCUT2D eigenvalue weighted by molar-refractivity contribution is 0.415. The monoisotopic (exact) mass is 387 g/mol. The molecule has 0 fully saturated rings. The van der Waals surface area contributed by atoms with Crippen molar-refractivity contribution >= 4 is 31.9 Å². The van der Waals surface area contributed by atoms with Gasteiger partial charge < -0.3 is 4.74 Å². The maximum atomic E-state index is 13.5. The predicted octanol–water partition coefficient (Wildman–Crippen LogP) is 5.15. The molecule has 0 saturated heterocycles. The van der Waals surface area contributed by atoms with Gasteiger partial charge in [-0.15, -0.1) is 0 Å². The highest BCUT2D eigenvalue weighted by Gasteiger charge is 2.12. The topological polar surface area (TPSA) is 33.0 Å². The second-order valence-corrected chi connectivity index (χ2v) is 5.33. The molecule has 19 heavy (non-hydrogen) atoms. The van der Waals surface area contributed by atoms with Crippen molar-refractivity contribution in [2.24, 2.45) is 0 Å². The molecular weight excluding hydrogens is 384 g/mol. The third-order valence-electron chi connectivity index (χ3n) is 2.25. The van der Waals surface area contributed by atoms with Gasteiger partial charge in [0.25, 0.3) is 0 Å². The largest absolute Gasteiger partial charge is 0.454 e. The molecule has 96 valence electrons. The van der Waals surface area contributed by atoms with E-state index in [1.807, 2.05) is 6.07 Å². The molecule has 0 amide bonds. The Labute approximate surface area is 124 Å². The molecule has 2 aromatic rings. The zero-order valence-electron chi connectivity index (χ0n) is 9.25. The van der Waals surface area contributed by atoms with Crippen LogP contribution in [0.2, 0.25) is 0 Å². The van der Waals surface area contributed by atoms with Crippen molar-refractivity contribution in [2.45, 2.75) is 0 Å². The van der Waals surface area contributed by atoms with Crippen molar-refractivity contribution in [1.82, 2.24) is 0 Å². The van der Waals surface area contributed by atoms with Crippen LogP contribution >= 0.6 is 31.9 Å². The summed E-state index contributed by atoms with van der Waals surface area (Å²) in [6, 6.07) is 8.84. The molecule has 0 aliphatic carbocycles. The van der Waals surface area contributed by atoms with E-state index in [-0.39, 0.29) is 5.75 Å². The molecule has 0 atom stereocenters. The van der Waals surface area contributed by atoms with Crippen LogP contribution in [-0.2, 0) is 0 Å². The van der Waals surface area contributed by atoms with E-state index in [4.69, 9.17) is 10.00 Å². The van der Waals surface area contributed by atoms with Crippen molar-refractivity contribution in [3.63, 3.8) is 0 Å². The number of benzene rings is 2. The fourth-order valence-electron chi connectivity index (χ4n) is 1.38. The molecule has 2 nitrogen and oxygen atoms in total. The first-order chi connectivity index (χ1) is 9.01. The molecule has 0 radical (unpaired) electrons. The minimum Gasteiger partial charge on any atom is -0.454 e. The fraction of sp³-hybridized carbons (Fsp3) is 0. The average Bonchev–Trinajstić information content (AvgIpc) is 2.35. The van der Waals surface area contributed by atoms with Crippen LogP contribution in [0.15, 0.2) is 39.3 Å². The number of hydrogen-bond acceptors (Lipinski definition) is 2. The van der Waals surface area contributed by atoms with Crippen LogP contribution < -0.4 is 4.74 Å². The molecule has 2 aromatic carbocycles. The summed E-state index contributed by atoms with van der Waals surface area (Å²) in [4.78, 5) is 0. The molecule has 0 saturated carbocycles. The van der Waals surface area contributed by atoms with E-state index in [1.54, 1.807) is 0 Å². The lowest BCUT2D eigenvalue weighted by atomic mass is 10.2.